The minimum absolute atomic E-state index is 0.0655. The van der Waals surface area contributed by atoms with E-state index >= 15 is 0 Å². The highest BCUT2D eigenvalue weighted by Crippen LogP contribution is 2.18. The smallest absolute Gasteiger partial charge is 0.306 e. The molecule has 426 valence electrons. The Kier molecular flexibility index (Phi) is 59.7. The van der Waals surface area contributed by atoms with E-state index in [1.165, 1.54) is 218 Å². The van der Waals surface area contributed by atoms with Gasteiger partial charge in [0.1, 0.15) is 13.2 Å². The van der Waals surface area contributed by atoms with Crippen LogP contribution >= 0.6 is 0 Å². The molecule has 0 N–H and O–H groups in total. The minimum atomic E-state index is -0.764. The first kappa shape index (κ1) is 70.4. The van der Waals surface area contributed by atoms with Crippen LogP contribution in [0.25, 0.3) is 0 Å². The summed E-state index contributed by atoms with van der Waals surface area (Å²) in [5.41, 5.74) is 0. The predicted octanol–water partition coefficient (Wildman–Crippen LogP) is 21.8. The molecule has 0 fully saturated rings. The molecule has 0 bridgehead atoms. The number of esters is 3. The normalized spacial score (nSPS) is 12.3. The highest BCUT2D eigenvalue weighted by molar-refractivity contribution is 5.71. The first-order chi connectivity index (χ1) is 36.0. The lowest BCUT2D eigenvalue weighted by molar-refractivity contribution is -0.167. The van der Waals surface area contributed by atoms with Gasteiger partial charge in [-0.3, -0.25) is 14.4 Å². The van der Waals surface area contributed by atoms with E-state index in [-0.39, 0.29) is 31.1 Å². The van der Waals surface area contributed by atoms with E-state index in [4.69, 9.17) is 14.2 Å². The second-order valence-corrected chi connectivity index (χ2v) is 21.7. The Balaban J connectivity index is 3.91. The van der Waals surface area contributed by atoms with Crippen LogP contribution in [0.4, 0.5) is 0 Å². The molecule has 0 spiro atoms. The molecule has 6 nitrogen and oxygen atoms in total. The molecule has 0 aromatic heterocycles. The van der Waals surface area contributed by atoms with E-state index in [9.17, 15) is 14.4 Å². The van der Waals surface area contributed by atoms with Crippen LogP contribution in [0.5, 0.6) is 0 Å². The summed E-state index contributed by atoms with van der Waals surface area (Å²) in [7, 11) is 0. The number of carbonyl (C=O) groups is 3. The first-order valence-electron chi connectivity index (χ1n) is 32.1. The average molecular weight is 1020 g/mol. The molecular formula is C67H122O6. The average Bonchev–Trinajstić information content (AvgIpc) is 3.39. The van der Waals surface area contributed by atoms with Crippen LogP contribution in [-0.2, 0) is 28.6 Å². The third-order valence-electron chi connectivity index (χ3n) is 14.3. The second-order valence-electron chi connectivity index (χ2n) is 21.7. The largest absolute Gasteiger partial charge is 0.462 e. The molecule has 0 saturated carbocycles. The molecule has 0 heterocycles. The van der Waals surface area contributed by atoms with Gasteiger partial charge in [0.25, 0.3) is 0 Å². The summed E-state index contributed by atoms with van der Waals surface area (Å²) in [6.45, 7) is 6.54. The lowest BCUT2D eigenvalue weighted by Gasteiger charge is -2.18. The standard InChI is InChI=1S/C67H122O6/c1-4-7-10-13-16-19-22-23-24-25-26-27-28-29-30-31-32-33-34-35-36-37-38-39-40-41-42-43-44-45-46-49-51-54-57-60-66(69)72-63-64(73-67(70)61-58-55-52-48-21-18-15-12-9-6-3)62-71-65(68)59-56-53-50-47-20-17-14-11-8-5-2/h7,10,16,19,23-24,26-27,64H,4-6,8-9,11-15,17-18,20-22,25,28-63H2,1-3H3/b10-7-,19-16-,24-23-,27-26-. The Bertz CT molecular complexity index is 1270. The highest BCUT2D eigenvalue weighted by Gasteiger charge is 2.19. The molecule has 0 radical (unpaired) electrons. The van der Waals surface area contributed by atoms with Crippen molar-refractivity contribution in [2.24, 2.45) is 0 Å². The molecule has 0 rings (SSSR count). The van der Waals surface area contributed by atoms with Crippen molar-refractivity contribution in [3.05, 3.63) is 48.6 Å². The predicted molar refractivity (Wildman–Crippen MR) is 316 cm³/mol. The topological polar surface area (TPSA) is 78.9 Å². The molecule has 0 aliphatic carbocycles. The number of hydrogen-bond donors (Lipinski definition) is 0. The fraction of sp³-hybridized carbons (Fsp3) is 0.836. The maximum atomic E-state index is 12.8. The molecule has 1 unspecified atom stereocenters. The summed E-state index contributed by atoms with van der Waals surface area (Å²) in [5, 5.41) is 0. The molecule has 1 atom stereocenters. The third kappa shape index (κ3) is 60.1. The summed E-state index contributed by atoms with van der Waals surface area (Å²) < 4.78 is 16.8. The van der Waals surface area contributed by atoms with Crippen LogP contribution < -0.4 is 0 Å². The van der Waals surface area contributed by atoms with Gasteiger partial charge in [-0.15, -0.1) is 0 Å². The number of carbonyl (C=O) groups excluding carboxylic acids is 3. The Hall–Kier alpha value is -2.63. The molecule has 0 amide bonds. The van der Waals surface area contributed by atoms with Gasteiger partial charge in [0.05, 0.1) is 0 Å². The van der Waals surface area contributed by atoms with Crippen LogP contribution in [0.2, 0.25) is 0 Å². The number of ether oxygens (including phenoxy) is 3. The Labute approximate surface area is 454 Å². The lowest BCUT2D eigenvalue weighted by atomic mass is 10.0. The maximum Gasteiger partial charge on any atom is 0.306 e. The summed E-state index contributed by atoms with van der Waals surface area (Å²) >= 11 is 0. The number of unbranched alkanes of at least 4 members (excludes halogenated alkanes) is 40. The van der Waals surface area contributed by atoms with E-state index in [0.29, 0.717) is 19.3 Å². The first-order valence-corrected chi connectivity index (χ1v) is 32.1. The zero-order chi connectivity index (χ0) is 52.9. The van der Waals surface area contributed by atoms with Crippen molar-refractivity contribution in [1.82, 2.24) is 0 Å². The van der Waals surface area contributed by atoms with Crippen LogP contribution in [0, 0.1) is 0 Å². The molecule has 0 aromatic rings. The minimum Gasteiger partial charge on any atom is -0.462 e. The Morgan fingerprint density at radius 3 is 0.836 bits per heavy atom. The summed E-state index contributed by atoms with van der Waals surface area (Å²) in [6.07, 6.45) is 77.3. The van der Waals surface area contributed by atoms with Crippen molar-refractivity contribution in [1.29, 1.82) is 0 Å². The number of allylic oxidation sites excluding steroid dienone is 8. The van der Waals surface area contributed by atoms with Crippen LogP contribution in [0.15, 0.2) is 48.6 Å². The Morgan fingerprint density at radius 2 is 0.534 bits per heavy atom. The summed E-state index contributed by atoms with van der Waals surface area (Å²) in [5.74, 6) is -0.849. The second kappa shape index (κ2) is 61.9. The van der Waals surface area contributed by atoms with Crippen molar-refractivity contribution in [2.45, 2.75) is 348 Å². The lowest BCUT2D eigenvalue weighted by Crippen LogP contribution is -2.30. The zero-order valence-electron chi connectivity index (χ0n) is 48.9. The molecule has 0 saturated heterocycles. The SMILES string of the molecule is CC/C=C\C/C=C\C/C=C\C/C=C\CCCCCCCCCCCCCCCCCCCCCCCCC(=O)OCC(COC(=O)CCCCCCCCCCCC)OC(=O)CCCCCCCCCCCC. The quantitative estimate of drug-likeness (QED) is 0.0261. The third-order valence-corrected chi connectivity index (χ3v) is 14.3. The van der Waals surface area contributed by atoms with E-state index in [1.807, 2.05) is 0 Å². The van der Waals surface area contributed by atoms with Gasteiger partial charge >= 0.3 is 17.9 Å². The fourth-order valence-electron chi connectivity index (χ4n) is 9.56. The molecular weight excluding hydrogens is 901 g/mol. The zero-order valence-corrected chi connectivity index (χ0v) is 48.9. The van der Waals surface area contributed by atoms with Crippen LogP contribution in [-0.4, -0.2) is 37.2 Å². The number of hydrogen-bond acceptors (Lipinski definition) is 6. The van der Waals surface area contributed by atoms with Crippen molar-refractivity contribution in [3.63, 3.8) is 0 Å². The summed E-state index contributed by atoms with van der Waals surface area (Å²) in [6, 6.07) is 0. The summed E-state index contributed by atoms with van der Waals surface area (Å²) in [4.78, 5) is 38.0. The Morgan fingerprint density at radius 1 is 0.288 bits per heavy atom. The van der Waals surface area contributed by atoms with Crippen molar-refractivity contribution >= 4 is 17.9 Å². The van der Waals surface area contributed by atoms with Gasteiger partial charge in [0, 0.05) is 19.3 Å². The molecule has 73 heavy (non-hydrogen) atoms. The van der Waals surface area contributed by atoms with Gasteiger partial charge in [0.2, 0.25) is 0 Å². The maximum absolute atomic E-state index is 12.8. The van der Waals surface area contributed by atoms with Gasteiger partial charge < -0.3 is 14.2 Å². The van der Waals surface area contributed by atoms with Gasteiger partial charge in [-0.1, -0.05) is 313 Å². The molecule has 0 aliphatic heterocycles. The van der Waals surface area contributed by atoms with Gasteiger partial charge in [-0.2, -0.15) is 0 Å². The number of rotatable bonds is 59. The highest BCUT2D eigenvalue weighted by atomic mass is 16.6. The van der Waals surface area contributed by atoms with E-state index in [0.717, 1.165) is 83.5 Å². The van der Waals surface area contributed by atoms with Crippen molar-refractivity contribution in [2.75, 3.05) is 13.2 Å². The van der Waals surface area contributed by atoms with E-state index in [2.05, 4.69) is 69.4 Å². The molecule has 0 aromatic carbocycles. The van der Waals surface area contributed by atoms with Crippen LogP contribution in [0.1, 0.15) is 342 Å². The van der Waals surface area contributed by atoms with Crippen LogP contribution in [0.3, 0.4) is 0 Å². The molecule has 6 heteroatoms. The van der Waals surface area contributed by atoms with Gasteiger partial charge in [-0.05, 0) is 57.8 Å². The van der Waals surface area contributed by atoms with E-state index < -0.39 is 6.10 Å². The van der Waals surface area contributed by atoms with E-state index in [1.54, 1.807) is 0 Å². The monoisotopic (exact) mass is 1020 g/mol. The van der Waals surface area contributed by atoms with Crippen molar-refractivity contribution in [3.8, 4) is 0 Å². The fourth-order valence-corrected chi connectivity index (χ4v) is 9.56. The molecule has 0 aliphatic rings. The van der Waals surface area contributed by atoms with Gasteiger partial charge in [0.15, 0.2) is 6.10 Å². The van der Waals surface area contributed by atoms with Gasteiger partial charge in [-0.25, -0.2) is 0 Å². The van der Waals surface area contributed by atoms with Crippen molar-refractivity contribution < 1.29 is 28.6 Å².